The van der Waals surface area contributed by atoms with Crippen molar-refractivity contribution in [2.75, 3.05) is 11.5 Å². The lowest BCUT2D eigenvalue weighted by Crippen LogP contribution is -2.23. The summed E-state index contributed by atoms with van der Waals surface area (Å²) in [7, 11) is 0. The van der Waals surface area contributed by atoms with E-state index in [0.717, 1.165) is 0 Å². The van der Waals surface area contributed by atoms with Gasteiger partial charge in [-0.25, -0.2) is 0 Å². The fourth-order valence-corrected chi connectivity index (χ4v) is 2.41. The minimum atomic E-state index is -0.217. The van der Waals surface area contributed by atoms with Gasteiger partial charge in [-0.15, -0.1) is 0 Å². The Kier molecular flexibility index (Phi) is 2.22. The molecule has 0 spiro atoms. The smallest absolute Gasteiger partial charge is 0.196 e. The molecule has 1 aliphatic carbocycles. The van der Waals surface area contributed by atoms with Crippen molar-refractivity contribution in [1.29, 1.82) is 0 Å². The Bertz CT molecular complexity index is 748. The molecule has 3 rings (SSSR count). The third-order valence-corrected chi connectivity index (χ3v) is 3.56. The van der Waals surface area contributed by atoms with Gasteiger partial charge in [0.1, 0.15) is 0 Å². The number of rotatable bonds is 0. The summed E-state index contributed by atoms with van der Waals surface area (Å²) < 4.78 is 0. The molecule has 0 unspecified atom stereocenters. The Morgan fingerprint density at radius 2 is 1.47 bits per heavy atom. The maximum absolute atomic E-state index is 12.5. The fraction of sp³-hybridized carbons (Fsp3) is 0.0667. The Hall–Kier alpha value is -2.62. The third kappa shape index (κ3) is 1.40. The molecule has 2 aromatic rings. The molecule has 1 aliphatic rings. The van der Waals surface area contributed by atoms with Crippen molar-refractivity contribution < 1.29 is 9.59 Å². The maximum atomic E-state index is 12.5. The highest BCUT2D eigenvalue weighted by Gasteiger charge is 2.32. The topological polar surface area (TPSA) is 86.2 Å². The Labute approximate surface area is 110 Å². The zero-order chi connectivity index (χ0) is 13.7. The Balaban J connectivity index is 2.40. The van der Waals surface area contributed by atoms with Crippen LogP contribution in [0, 0.1) is 6.92 Å². The van der Waals surface area contributed by atoms with E-state index in [1.165, 1.54) is 6.07 Å². The van der Waals surface area contributed by atoms with Gasteiger partial charge in [0.25, 0.3) is 0 Å². The number of fused-ring (bicyclic) bond motifs is 2. The third-order valence-electron chi connectivity index (χ3n) is 3.56. The van der Waals surface area contributed by atoms with E-state index in [9.17, 15) is 9.59 Å². The second kappa shape index (κ2) is 3.68. The van der Waals surface area contributed by atoms with Crippen molar-refractivity contribution in [2.45, 2.75) is 6.92 Å². The first-order chi connectivity index (χ1) is 9.02. The lowest BCUT2D eigenvalue weighted by molar-refractivity contribution is 0.0979. The summed E-state index contributed by atoms with van der Waals surface area (Å²) in [5, 5.41) is 0. The van der Waals surface area contributed by atoms with Gasteiger partial charge in [0, 0.05) is 28.1 Å². The minimum Gasteiger partial charge on any atom is -0.398 e. The quantitative estimate of drug-likeness (QED) is 0.598. The first-order valence-electron chi connectivity index (χ1n) is 5.89. The average molecular weight is 252 g/mol. The van der Waals surface area contributed by atoms with E-state index in [2.05, 4.69) is 0 Å². The van der Waals surface area contributed by atoms with Gasteiger partial charge in [-0.1, -0.05) is 24.3 Å². The van der Waals surface area contributed by atoms with Crippen LogP contribution in [0.1, 0.15) is 37.4 Å². The molecule has 4 nitrogen and oxygen atoms in total. The second-order valence-electron chi connectivity index (χ2n) is 4.63. The van der Waals surface area contributed by atoms with Crippen LogP contribution in [-0.2, 0) is 0 Å². The van der Waals surface area contributed by atoms with Crippen LogP contribution >= 0.6 is 0 Å². The van der Waals surface area contributed by atoms with Crippen LogP contribution in [0.3, 0.4) is 0 Å². The normalized spacial score (nSPS) is 13.1. The second-order valence-corrected chi connectivity index (χ2v) is 4.63. The van der Waals surface area contributed by atoms with Gasteiger partial charge >= 0.3 is 0 Å². The number of carbonyl (C=O) groups is 2. The van der Waals surface area contributed by atoms with E-state index in [1.54, 1.807) is 31.2 Å². The number of hydrogen-bond acceptors (Lipinski definition) is 4. The highest BCUT2D eigenvalue weighted by Crippen LogP contribution is 2.34. The zero-order valence-electron chi connectivity index (χ0n) is 10.4. The van der Waals surface area contributed by atoms with Crippen LogP contribution < -0.4 is 11.5 Å². The molecule has 19 heavy (non-hydrogen) atoms. The molecule has 0 saturated heterocycles. The summed E-state index contributed by atoms with van der Waals surface area (Å²) in [4.78, 5) is 24.9. The van der Waals surface area contributed by atoms with Crippen molar-refractivity contribution in [3.8, 4) is 0 Å². The lowest BCUT2D eigenvalue weighted by Gasteiger charge is -2.20. The van der Waals surface area contributed by atoms with E-state index in [1.807, 2.05) is 0 Å². The number of nitrogen functional groups attached to an aromatic ring is 2. The van der Waals surface area contributed by atoms with Gasteiger partial charge in [-0.3, -0.25) is 9.59 Å². The van der Waals surface area contributed by atoms with Crippen LogP contribution in [0.2, 0.25) is 0 Å². The molecule has 4 N–H and O–H groups in total. The number of carbonyl (C=O) groups excluding carboxylic acids is 2. The number of hydrogen-bond donors (Lipinski definition) is 2. The van der Waals surface area contributed by atoms with Gasteiger partial charge < -0.3 is 11.5 Å². The molecule has 0 aliphatic heterocycles. The summed E-state index contributed by atoms with van der Waals surface area (Å²) in [6.07, 6.45) is 0. The van der Waals surface area contributed by atoms with E-state index < -0.39 is 0 Å². The summed E-state index contributed by atoms with van der Waals surface area (Å²) in [5.74, 6) is -0.422. The number of nitrogens with two attached hydrogens (primary N) is 2. The molecular weight excluding hydrogens is 240 g/mol. The number of benzene rings is 2. The molecule has 0 fully saturated rings. The molecule has 0 heterocycles. The van der Waals surface area contributed by atoms with Gasteiger partial charge in [-0.2, -0.15) is 0 Å². The van der Waals surface area contributed by atoms with Crippen molar-refractivity contribution in [3.05, 3.63) is 58.1 Å². The first-order valence-corrected chi connectivity index (χ1v) is 5.89. The van der Waals surface area contributed by atoms with Gasteiger partial charge in [0.15, 0.2) is 11.6 Å². The number of anilines is 2. The van der Waals surface area contributed by atoms with Gasteiger partial charge in [0.05, 0.1) is 5.56 Å². The molecular formula is C15H12N2O2. The molecule has 0 saturated carbocycles. The lowest BCUT2D eigenvalue weighted by atomic mass is 9.82. The van der Waals surface area contributed by atoms with Crippen LogP contribution in [0.4, 0.5) is 11.4 Å². The van der Waals surface area contributed by atoms with Crippen molar-refractivity contribution in [1.82, 2.24) is 0 Å². The summed E-state index contributed by atoms with van der Waals surface area (Å²) in [6.45, 7) is 1.74. The predicted molar refractivity (Wildman–Crippen MR) is 73.3 cm³/mol. The molecule has 0 aromatic heterocycles. The molecule has 0 atom stereocenters. The first kappa shape index (κ1) is 11.5. The van der Waals surface area contributed by atoms with Crippen molar-refractivity contribution in [2.24, 2.45) is 0 Å². The molecule has 94 valence electrons. The van der Waals surface area contributed by atoms with Gasteiger partial charge in [-0.05, 0) is 18.6 Å². The maximum Gasteiger partial charge on any atom is 0.196 e. The molecule has 2 aromatic carbocycles. The Morgan fingerprint density at radius 1 is 0.895 bits per heavy atom. The average Bonchev–Trinajstić information content (AvgIpc) is 2.42. The highest BCUT2D eigenvalue weighted by molar-refractivity contribution is 6.30. The monoisotopic (exact) mass is 252 g/mol. The van der Waals surface area contributed by atoms with E-state index >= 15 is 0 Å². The number of ketones is 2. The fourth-order valence-electron chi connectivity index (χ4n) is 2.41. The highest BCUT2D eigenvalue weighted by atomic mass is 16.1. The van der Waals surface area contributed by atoms with E-state index in [4.69, 9.17) is 11.5 Å². The van der Waals surface area contributed by atoms with E-state index in [0.29, 0.717) is 33.6 Å². The summed E-state index contributed by atoms with van der Waals surface area (Å²) in [6, 6.07) is 8.29. The van der Waals surface area contributed by atoms with Crippen molar-refractivity contribution >= 4 is 22.9 Å². The largest absolute Gasteiger partial charge is 0.398 e. The predicted octanol–water partition coefficient (Wildman–Crippen LogP) is 1.93. The zero-order valence-corrected chi connectivity index (χ0v) is 10.4. The Morgan fingerprint density at radius 3 is 2.11 bits per heavy atom. The summed E-state index contributed by atoms with van der Waals surface area (Å²) in [5.41, 5.74) is 14.5. The van der Waals surface area contributed by atoms with Crippen LogP contribution in [0.25, 0.3) is 0 Å². The van der Waals surface area contributed by atoms with Crippen LogP contribution in [0.5, 0.6) is 0 Å². The standard InChI is InChI=1S/C15H12N2O2/c1-7-11(16)6-10-12(13(7)17)15(19)9-5-3-2-4-8(9)14(10)18/h2-6H,16-17H2,1H3. The van der Waals surface area contributed by atoms with Crippen molar-refractivity contribution in [3.63, 3.8) is 0 Å². The van der Waals surface area contributed by atoms with Crippen LogP contribution in [-0.4, -0.2) is 11.6 Å². The molecule has 0 amide bonds. The van der Waals surface area contributed by atoms with Crippen LogP contribution in [0.15, 0.2) is 30.3 Å². The molecule has 4 heteroatoms. The SMILES string of the molecule is Cc1c(N)cc2c(c1N)C(=O)c1ccccc1C2=O. The molecule has 0 radical (unpaired) electrons. The molecule has 0 bridgehead atoms. The minimum absolute atomic E-state index is 0.205. The summed E-state index contributed by atoms with van der Waals surface area (Å²) >= 11 is 0. The van der Waals surface area contributed by atoms with Gasteiger partial charge in [0.2, 0.25) is 0 Å². The van der Waals surface area contributed by atoms with E-state index in [-0.39, 0.29) is 17.1 Å².